The number of β-amino-alcohol motifs (C(OH)–C–C–N with tert-alkyl or cyclic N) is 1. The van der Waals surface area contributed by atoms with Gasteiger partial charge in [-0.1, -0.05) is 13.8 Å². The Labute approximate surface area is 99.0 Å². The van der Waals surface area contributed by atoms with Crippen LogP contribution in [0.3, 0.4) is 0 Å². The molecule has 2 aliphatic carbocycles. The first kappa shape index (κ1) is 11.0. The molecule has 0 aromatic heterocycles. The van der Waals surface area contributed by atoms with Crippen molar-refractivity contribution in [2.45, 2.75) is 57.6 Å². The molecule has 3 aliphatic rings. The quantitative estimate of drug-likeness (QED) is 0.776. The summed E-state index contributed by atoms with van der Waals surface area (Å²) >= 11 is 0. The number of nitrogens with zero attached hydrogens (tertiary/aromatic N) is 1. The Morgan fingerprint density at radius 1 is 1.00 bits per heavy atom. The van der Waals surface area contributed by atoms with E-state index in [1.807, 2.05) is 0 Å². The summed E-state index contributed by atoms with van der Waals surface area (Å²) in [6.07, 6.45) is 6.61. The molecule has 3 atom stereocenters. The Morgan fingerprint density at radius 3 is 2.25 bits per heavy atom. The highest BCUT2D eigenvalue weighted by molar-refractivity contribution is 5.07. The average Bonchev–Trinajstić information content (AvgIpc) is 3.01. The summed E-state index contributed by atoms with van der Waals surface area (Å²) in [6.45, 7) is 6.70. The Balaban J connectivity index is 1.52. The second-order valence-corrected chi connectivity index (χ2v) is 6.70. The molecule has 1 saturated heterocycles. The van der Waals surface area contributed by atoms with Gasteiger partial charge in [-0.15, -0.1) is 0 Å². The topological polar surface area (TPSA) is 23.5 Å². The maximum absolute atomic E-state index is 10.3. The summed E-state index contributed by atoms with van der Waals surface area (Å²) in [5.74, 6) is 2.41. The summed E-state index contributed by atoms with van der Waals surface area (Å²) in [5, 5.41) is 10.3. The molecule has 1 aliphatic heterocycles. The van der Waals surface area contributed by atoms with Gasteiger partial charge in [-0.3, -0.25) is 4.90 Å². The van der Waals surface area contributed by atoms with Crippen LogP contribution in [0.2, 0.25) is 0 Å². The van der Waals surface area contributed by atoms with Gasteiger partial charge in [0, 0.05) is 19.1 Å². The van der Waals surface area contributed by atoms with Crippen LogP contribution < -0.4 is 0 Å². The predicted molar refractivity (Wildman–Crippen MR) is 65.2 cm³/mol. The van der Waals surface area contributed by atoms with Crippen LogP contribution in [0, 0.1) is 17.8 Å². The maximum atomic E-state index is 10.3. The van der Waals surface area contributed by atoms with Gasteiger partial charge >= 0.3 is 0 Å². The fraction of sp³-hybridized carbons (Fsp3) is 1.00. The summed E-state index contributed by atoms with van der Waals surface area (Å²) in [7, 11) is 0. The van der Waals surface area contributed by atoms with Gasteiger partial charge in [0.2, 0.25) is 0 Å². The van der Waals surface area contributed by atoms with Crippen molar-refractivity contribution in [3.63, 3.8) is 0 Å². The van der Waals surface area contributed by atoms with E-state index in [1.165, 1.54) is 32.1 Å². The highest BCUT2D eigenvalue weighted by Gasteiger charge is 2.53. The first-order chi connectivity index (χ1) is 7.58. The van der Waals surface area contributed by atoms with Crippen LogP contribution in [-0.2, 0) is 0 Å². The third kappa shape index (κ3) is 1.80. The molecule has 3 unspecified atom stereocenters. The molecule has 92 valence electrons. The van der Waals surface area contributed by atoms with E-state index in [1.54, 1.807) is 0 Å². The minimum Gasteiger partial charge on any atom is -0.387 e. The largest absolute Gasteiger partial charge is 0.387 e. The molecule has 0 spiro atoms. The summed E-state index contributed by atoms with van der Waals surface area (Å²) < 4.78 is 0. The Morgan fingerprint density at radius 2 is 1.69 bits per heavy atom. The molecule has 0 bridgehead atoms. The standard InChI is InChI=1S/C14H25NO/c1-10-3-6-13(7-11(10)2)15-8-14(16,9-15)12-4-5-12/h10-13,16H,3-9H2,1-2H3. The van der Waals surface area contributed by atoms with E-state index >= 15 is 0 Å². The molecule has 2 saturated carbocycles. The molecule has 1 heterocycles. The highest BCUT2D eigenvalue weighted by Crippen LogP contribution is 2.46. The smallest absolute Gasteiger partial charge is 0.0928 e. The molecular weight excluding hydrogens is 198 g/mol. The zero-order chi connectivity index (χ0) is 11.3. The Kier molecular flexibility index (Phi) is 2.56. The van der Waals surface area contributed by atoms with Gasteiger partial charge in [-0.25, -0.2) is 0 Å². The fourth-order valence-corrected chi connectivity index (χ4v) is 3.64. The minimum atomic E-state index is -0.285. The number of aliphatic hydroxyl groups is 1. The maximum Gasteiger partial charge on any atom is 0.0928 e. The second kappa shape index (κ2) is 3.71. The van der Waals surface area contributed by atoms with E-state index in [-0.39, 0.29) is 5.60 Å². The summed E-state index contributed by atoms with van der Waals surface area (Å²) in [4.78, 5) is 2.54. The van der Waals surface area contributed by atoms with Gasteiger partial charge in [0.1, 0.15) is 0 Å². The second-order valence-electron chi connectivity index (χ2n) is 6.70. The van der Waals surface area contributed by atoms with Crippen LogP contribution in [0.1, 0.15) is 46.0 Å². The van der Waals surface area contributed by atoms with Crippen LogP contribution in [0.4, 0.5) is 0 Å². The molecule has 3 rings (SSSR count). The van der Waals surface area contributed by atoms with E-state index in [9.17, 15) is 5.11 Å². The fourth-order valence-electron chi connectivity index (χ4n) is 3.64. The molecule has 2 heteroatoms. The van der Waals surface area contributed by atoms with Gasteiger partial charge in [-0.2, -0.15) is 0 Å². The highest BCUT2D eigenvalue weighted by atomic mass is 16.3. The monoisotopic (exact) mass is 223 g/mol. The van der Waals surface area contributed by atoms with Gasteiger partial charge in [-0.05, 0) is 49.9 Å². The summed E-state index contributed by atoms with van der Waals surface area (Å²) in [5.41, 5.74) is -0.285. The molecule has 1 N–H and O–H groups in total. The van der Waals surface area contributed by atoms with Crippen LogP contribution in [0.15, 0.2) is 0 Å². The number of rotatable bonds is 2. The normalized spacial score (nSPS) is 44.1. The Hall–Kier alpha value is -0.0800. The van der Waals surface area contributed by atoms with E-state index in [4.69, 9.17) is 0 Å². The van der Waals surface area contributed by atoms with E-state index in [0.29, 0.717) is 5.92 Å². The molecule has 0 radical (unpaired) electrons. The SMILES string of the molecule is CC1CCC(N2CC(O)(C3CC3)C2)CC1C. The third-order valence-corrected chi connectivity index (χ3v) is 5.38. The van der Waals surface area contributed by atoms with Gasteiger partial charge < -0.3 is 5.11 Å². The van der Waals surface area contributed by atoms with Crippen molar-refractivity contribution in [1.29, 1.82) is 0 Å². The van der Waals surface area contributed by atoms with Crippen molar-refractivity contribution in [2.75, 3.05) is 13.1 Å². The number of hydrogen-bond acceptors (Lipinski definition) is 2. The first-order valence-electron chi connectivity index (χ1n) is 7.05. The average molecular weight is 223 g/mol. The predicted octanol–water partition coefficient (Wildman–Crippen LogP) is 2.27. The first-order valence-corrected chi connectivity index (χ1v) is 7.05. The van der Waals surface area contributed by atoms with Crippen molar-refractivity contribution in [1.82, 2.24) is 4.90 Å². The number of likely N-dealkylation sites (tertiary alicyclic amines) is 1. The van der Waals surface area contributed by atoms with Crippen LogP contribution in [-0.4, -0.2) is 34.7 Å². The van der Waals surface area contributed by atoms with Crippen molar-refractivity contribution in [2.24, 2.45) is 17.8 Å². The van der Waals surface area contributed by atoms with Crippen molar-refractivity contribution in [3.05, 3.63) is 0 Å². The molecular formula is C14H25NO. The lowest BCUT2D eigenvalue weighted by molar-refractivity contribution is -0.137. The lowest BCUT2D eigenvalue weighted by Gasteiger charge is -2.52. The number of hydrogen-bond donors (Lipinski definition) is 1. The van der Waals surface area contributed by atoms with Crippen molar-refractivity contribution in [3.8, 4) is 0 Å². The summed E-state index contributed by atoms with van der Waals surface area (Å²) in [6, 6.07) is 0.769. The zero-order valence-corrected chi connectivity index (χ0v) is 10.7. The Bertz CT molecular complexity index is 268. The lowest BCUT2D eigenvalue weighted by atomic mass is 9.76. The van der Waals surface area contributed by atoms with E-state index < -0.39 is 0 Å². The molecule has 3 fully saturated rings. The van der Waals surface area contributed by atoms with Crippen LogP contribution in [0.25, 0.3) is 0 Å². The molecule has 16 heavy (non-hydrogen) atoms. The zero-order valence-electron chi connectivity index (χ0n) is 10.7. The van der Waals surface area contributed by atoms with Crippen LogP contribution in [0.5, 0.6) is 0 Å². The van der Waals surface area contributed by atoms with E-state index in [2.05, 4.69) is 18.7 Å². The van der Waals surface area contributed by atoms with Crippen LogP contribution >= 0.6 is 0 Å². The van der Waals surface area contributed by atoms with Crippen molar-refractivity contribution >= 4 is 0 Å². The van der Waals surface area contributed by atoms with Gasteiger partial charge in [0.25, 0.3) is 0 Å². The van der Waals surface area contributed by atoms with E-state index in [0.717, 1.165) is 31.0 Å². The van der Waals surface area contributed by atoms with Crippen molar-refractivity contribution < 1.29 is 5.11 Å². The molecule has 2 nitrogen and oxygen atoms in total. The molecule has 0 aromatic carbocycles. The third-order valence-electron chi connectivity index (χ3n) is 5.38. The lowest BCUT2D eigenvalue weighted by Crippen LogP contribution is -2.66. The van der Waals surface area contributed by atoms with Gasteiger partial charge in [0.05, 0.1) is 5.60 Å². The van der Waals surface area contributed by atoms with Gasteiger partial charge in [0.15, 0.2) is 0 Å². The minimum absolute atomic E-state index is 0.285. The molecule has 0 amide bonds. The molecule has 0 aromatic rings.